The van der Waals surface area contributed by atoms with E-state index < -0.39 is 11.6 Å². The first-order valence-corrected chi connectivity index (χ1v) is 12.6. The maximum atomic E-state index is 13.0. The number of benzene rings is 3. The Morgan fingerprint density at radius 1 is 1.00 bits per heavy atom. The molecule has 3 aromatic carbocycles. The molecule has 0 saturated carbocycles. The summed E-state index contributed by atoms with van der Waals surface area (Å²) >= 11 is 0. The summed E-state index contributed by atoms with van der Waals surface area (Å²) in [5.74, 6) is 7.29. The van der Waals surface area contributed by atoms with Gasteiger partial charge in [-0.2, -0.15) is 4.98 Å². The fourth-order valence-corrected chi connectivity index (χ4v) is 4.49. The van der Waals surface area contributed by atoms with Gasteiger partial charge in [0.05, 0.1) is 36.9 Å². The fraction of sp³-hybridized carbons (Fsp3) is 0.0968. The third-order valence-electron chi connectivity index (χ3n) is 6.40. The first-order valence-electron chi connectivity index (χ1n) is 12.6. The molecule has 5 aromatic rings. The smallest absolute Gasteiger partial charge is 0.493 e. The zero-order valence-corrected chi connectivity index (χ0v) is 23.8. The Kier molecular flexibility index (Phi) is 9.03. The van der Waals surface area contributed by atoms with Gasteiger partial charge in [0.1, 0.15) is 5.82 Å². The highest BCUT2D eigenvalue weighted by molar-refractivity contribution is 5.85. The van der Waals surface area contributed by atoms with Crippen LogP contribution in [0.3, 0.4) is 0 Å². The standard InChI is InChI=1S/C31H25N5O6.ClH/c1-40-25-15-19(13-21-16-34-30(33)35-29(21)32)12-20(28(25)41-2)10-8-18-9-11-23-24(14-18)36(22-6-4-3-5-7-22)17-26(27(23)37)42-31(38)39;/h3-7,9,11-12,14-17H,13H2,1-2H3,(H,38,39)(H4,32,33,34,35);1H. The molecule has 0 aliphatic heterocycles. The second-order valence-corrected chi connectivity index (χ2v) is 9.07. The Morgan fingerprint density at radius 3 is 2.44 bits per heavy atom. The van der Waals surface area contributed by atoms with Crippen LogP contribution in [0.15, 0.2) is 77.9 Å². The van der Waals surface area contributed by atoms with Gasteiger partial charge in [0.25, 0.3) is 0 Å². The Hall–Kier alpha value is -5.73. The first kappa shape index (κ1) is 30.2. The van der Waals surface area contributed by atoms with Crippen LogP contribution in [0.5, 0.6) is 17.2 Å². The number of nitrogens with zero attached hydrogens (tertiary/aromatic N) is 3. The number of fused-ring (bicyclic) bond motifs is 1. The topological polar surface area (TPSA) is 165 Å². The van der Waals surface area contributed by atoms with Gasteiger partial charge in [-0.1, -0.05) is 30.0 Å². The summed E-state index contributed by atoms with van der Waals surface area (Å²) in [6, 6.07) is 17.9. The van der Waals surface area contributed by atoms with E-state index in [1.807, 2.05) is 42.5 Å². The van der Waals surface area contributed by atoms with Crippen molar-refractivity contribution in [2.24, 2.45) is 0 Å². The summed E-state index contributed by atoms with van der Waals surface area (Å²) in [4.78, 5) is 32.3. The lowest BCUT2D eigenvalue weighted by Crippen LogP contribution is -2.16. The monoisotopic (exact) mass is 599 g/mol. The summed E-state index contributed by atoms with van der Waals surface area (Å²) in [6.45, 7) is 0. The van der Waals surface area contributed by atoms with Gasteiger partial charge in [-0.25, -0.2) is 9.78 Å². The second kappa shape index (κ2) is 12.8. The SMILES string of the molecule is COc1cc(Cc2cnc(N)nc2N)cc(C#Cc2ccc3c(=O)c(OC(=O)O)cn(-c4ccccc4)c3c2)c1OC.Cl. The molecule has 12 heteroatoms. The molecule has 218 valence electrons. The van der Waals surface area contributed by atoms with Crippen LogP contribution in [0.2, 0.25) is 0 Å². The fourth-order valence-electron chi connectivity index (χ4n) is 4.49. The maximum Gasteiger partial charge on any atom is 0.511 e. The number of methoxy groups -OCH3 is 2. The van der Waals surface area contributed by atoms with Gasteiger partial charge in [0, 0.05) is 29.4 Å². The number of hydrogen-bond donors (Lipinski definition) is 3. The molecule has 5 rings (SSSR count). The number of aromatic nitrogens is 3. The van der Waals surface area contributed by atoms with Gasteiger partial charge in [0.2, 0.25) is 11.4 Å². The molecular formula is C31H26ClN5O6. The van der Waals surface area contributed by atoms with E-state index in [0.29, 0.717) is 45.8 Å². The number of hydrogen-bond acceptors (Lipinski definition) is 9. The van der Waals surface area contributed by atoms with Crippen molar-refractivity contribution in [3.05, 3.63) is 106 Å². The molecule has 2 aromatic heterocycles. The normalized spacial score (nSPS) is 10.3. The van der Waals surface area contributed by atoms with Crippen LogP contribution >= 0.6 is 12.4 Å². The van der Waals surface area contributed by atoms with Gasteiger partial charge in [-0.15, -0.1) is 12.4 Å². The highest BCUT2D eigenvalue weighted by atomic mass is 35.5. The van der Waals surface area contributed by atoms with E-state index in [1.165, 1.54) is 20.4 Å². The molecule has 0 bridgehead atoms. The Bertz CT molecular complexity index is 1950. The summed E-state index contributed by atoms with van der Waals surface area (Å²) in [5.41, 5.74) is 15.0. The highest BCUT2D eigenvalue weighted by Crippen LogP contribution is 2.33. The molecule has 0 spiro atoms. The number of anilines is 2. The molecule has 0 saturated heterocycles. The van der Waals surface area contributed by atoms with Crippen LogP contribution in [-0.2, 0) is 6.42 Å². The van der Waals surface area contributed by atoms with E-state index in [0.717, 1.165) is 5.56 Å². The Morgan fingerprint density at radius 2 is 1.77 bits per heavy atom. The molecule has 5 N–H and O–H groups in total. The van der Waals surface area contributed by atoms with Gasteiger partial charge in [-0.3, -0.25) is 4.79 Å². The largest absolute Gasteiger partial charge is 0.511 e. The molecule has 0 atom stereocenters. The molecule has 2 heterocycles. The lowest BCUT2D eigenvalue weighted by molar-refractivity contribution is 0.144. The molecule has 0 aliphatic carbocycles. The predicted molar refractivity (Wildman–Crippen MR) is 165 cm³/mol. The average Bonchev–Trinajstić information content (AvgIpc) is 2.98. The van der Waals surface area contributed by atoms with E-state index in [4.69, 9.17) is 30.8 Å². The maximum absolute atomic E-state index is 13.0. The van der Waals surface area contributed by atoms with Crippen LogP contribution in [-0.4, -0.2) is 40.0 Å². The quantitative estimate of drug-likeness (QED) is 0.188. The van der Waals surface area contributed by atoms with Crippen LogP contribution in [0.25, 0.3) is 16.6 Å². The van der Waals surface area contributed by atoms with Crippen molar-refractivity contribution in [3.63, 3.8) is 0 Å². The molecule has 0 fully saturated rings. The lowest BCUT2D eigenvalue weighted by Gasteiger charge is -2.13. The Balaban J connectivity index is 0.00000423. The third-order valence-corrected chi connectivity index (χ3v) is 6.40. The second-order valence-electron chi connectivity index (χ2n) is 9.07. The first-order chi connectivity index (χ1) is 20.3. The van der Waals surface area contributed by atoms with Gasteiger partial charge in [-0.05, 0) is 48.0 Å². The molecule has 0 unspecified atom stereocenters. The summed E-state index contributed by atoms with van der Waals surface area (Å²) in [6.07, 6.45) is 1.76. The van der Waals surface area contributed by atoms with Crippen molar-refractivity contribution in [2.75, 3.05) is 25.7 Å². The van der Waals surface area contributed by atoms with E-state index >= 15 is 0 Å². The van der Waals surface area contributed by atoms with E-state index in [9.17, 15) is 9.59 Å². The zero-order chi connectivity index (χ0) is 29.8. The van der Waals surface area contributed by atoms with Crippen LogP contribution in [0.1, 0.15) is 22.3 Å². The summed E-state index contributed by atoms with van der Waals surface area (Å²) in [5, 5.41) is 9.40. The van der Waals surface area contributed by atoms with E-state index in [-0.39, 0.29) is 35.3 Å². The number of nitrogens with two attached hydrogens (primary N) is 2. The number of rotatable bonds is 6. The van der Waals surface area contributed by atoms with Crippen LogP contribution in [0.4, 0.5) is 16.6 Å². The highest BCUT2D eigenvalue weighted by Gasteiger charge is 2.16. The summed E-state index contributed by atoms with van der Waals surface area (Å²) in [7, 11) is 3.06. The van der Waals surface area contributed by atoms with E-state index in [2.05, 4.69) is 21.8 Å². The van der Waals surface area contributed by atoms with Crippen molar-refractivity contribution in [2.45, 2.75) is 6.42 Å². The minimum atomic E-state index is -1.58. The zero-order valence-electron chi connectivity index (χ0n) is 23.0. The molecule has 11 nitrogen and oxygen atoms in total. The van der Waals surface area contributed by atoms with Crippen molar-refractivity contribution in [3.8, 4) is 34.8 Å². The number of carbonyl (C=O) groups is 1. The number of nitrogen functional groups attached to an aromatic ring is 2. The minimum Gasteiger partial charge on any atom is -0.493 e. The lowest BCUT2D eigenvalue weighted by atomic mass is 10.0. The van der Waals surface area contributed by atoms with Crippen molar-refractivity contribution < 1.29 is 24.1 Å². The van der Waals surface area contributed by atoms with E-state index in [1.54, 1.807) is 29.0 Å². The molecule has 0 aliphatic rings. The van der Waals surface area contributed by atoms with Gasteiger partial charge < -0.3 is 35.4 Å². The molecule has 43 heavy (non-hydrogen) atoms. The third kappa shape index (κ3) is 6.45. The number of para-hydroxylation sites is 1. The van der Waals surface area contributed by atoms with Crippen LogP contribution in [0, 0.1) is 11.8 Å². The molecule has 0 amide bonds. The summed E-state index contributed by atoms with van der Waals surface area (Å²) < 4.78 is 17.6. The molecule has 0 radical (unpaired) electrons. The number of ether oxygens (including phenoxy) is 3. The number of pyridine rings is 1. The number of halogens is 1. The van der Waals surface area contributed by atoms with Gasteiger partial charge >= 0.3 is 6.16 Å². The van der Waals surface area contributed by atoms with Crippen LogP contribution < -0.4 is 31.1 Å². The predicted octanol–water partition coefficient (Wildman–Crippen LogP) is 4.43. The number of carboxylic acid groups (broad SMARTS) is 1. The minimum absolute atomic E-state index is 0. The van der Waals surface area contributed by atoms with Crippen molar-refractivity contribution in [1.82, 2.24) is 14.5 Å². The molecular weight excluding hydrogens is 574 g/mol. The van der Waals surface area contributed by atoms with Crippen molar-refractivity contribution in [1.29, 1.82) is 0 Å². The average molecular weight is 600 g/mol. The van der Waals surface area contributed by atoms with Crippen molar-refractivity contribution >= 4 is 41.2 Å². The Labute approximate surface area is 252 Å². The van der Waals surface area contributed by atoms with Gasteiger partial charge in [0.15, 0.2) is 17.2 Å².